The Balaban J connectivity index is 1.94. The van der Waals surface area contributed by atoms with Crippen LogP contribution in [0.4, 0.5) is 9.93 Å². The smallest absolute Gasteiger partial charge is 0.413 e. The normalized spacial score (nSPS) is 10.8. The van der Waals surface area contributed by atoms with Gasteiger partial charge in [0.05, 0.1) is 7.11 Å². The second kappa shape index (κ2) is 9.87. The minimum absolute atomic E-state index is 0.0456. The van der Waals surface area contributed by atoms with Crippen molar-refractivity contribution >= 4 is 40.2 Å². The Labute approximate surface area is 157 Å². The van der Waals surface area contributed by atoms with E-state index in [9.17, 15) is 19.5 Å². The van der Waals surface area contributed by atoms with E-state index in [0.717, 1.165) is 24.0 Å². The number of hydrogen-bond donors (Lipinski definition) is 2. The summed E-state index contributed by atoms with van der Waals surface area (Å²) < 4.78 is 9.39. The molecule has 0 saturated heterocycles. The Morgan fingerprint density at radius 1 is 1.26 bits per heavy atom. The van der Waals surface area contributed by atoms with Gasteiger partial charge in [0.1, 0.15) is 12.3 Å². The molecule has 2 aromatic rings. The number of carboxylic acids is 1. The van der Waals surface area contributed by atoms with Crippen LogP contribution in [0.2, 0.25) is 0 Å². The summed E-state index contributed by atoms with van der Waals surface area (Å²) >= 11 is 0.975. The number of ether oxygens (including phenoxy) is 2. The van der Waals surface area contributed by atoms with Crippen LogP contribution in [-0.2, 0) is 30.5 Å². The number of rotatable bonds is 8. The highest BCUT2D eigenvalue weighted by Crippen LogP contribution is 2.17. The first-order chi connectivity index (χ1) is 13.0. The van der Waals surface area contributed by atoms with Crippen LogP contribution in [0.1, 0.15) is 11.3 Å². The van der Waals surface area contributed by atoms with Crippen LogP contribution in [0, 0.1) is 0 Å². The van der Waals surface area contributed by atoms with Crippen molar-refractivity contribution in [3.05, 3.63) is 47.0 Å². The van der Waals surface area contributed by atoms with E-state index in [1.165, 1.54) is 5.38 Å². The molecule has 2 rings (SSSR count). The Hall–Kier alpha value is -3.47. The fourth-order valence-corrected chi connectivity index (χ4v) is 2.37. The molecule has 0 bridgehead atoms. The van der Waals surface area contributed by atoms with Crippen LogP contribution in [0.15, 0.2) is 40.9 Å². The molecule has 142 valence electrons. The maximum atomic E-state index is 11.8. The van der Waals surface area contributed by atoms with E-state index in [1.54, 1.807) is 12.1 Å². The van der Waals surface area contributed by atoms with Gasteiger partial charge in [-0.1, -0.05) is 35.5 Å². The van der Waals surface area contributed by atoms with Gasteiger partial charge in [-0.25, -0.2) is 19.4 Å². The SMILES string of the molecule is COC(=O)CO/N=C(/C(=O)O)c1csc(NC(=O)OCc2ccccc2)n1. The quantitative estimate of drug-likeness (QED) is 0.394. The first-order valence-electron chi connectivity index (χ1n) is 7.43. The van der Waals surface area contributed by atoms with Crippen molar-refractivity contribution in [1.82, 2.24) is 4.98 Å². The summed E-state index contributed by atoms with van der Waals surface area (Å²) in [7, 11) is 1.16. The van der Waals surface area contributed by atoms with E-state index in [-0.39, 0.29) is 17.4 Å². The first kappa shape index (κ1) is 19.8. The monoisotopic (exact) mass is 393 g/mol. The number of thiazole rings is 1. The maximum absolute atomic E-state index is 11.8. The summed E-state index contributed by atoms with van der Waals surface area (Å²) in [6.07, 6.45) is -0.740. The molecule has 27 heavy (non-hydrogen) atoms. The number of nitrogens with zero attached hydrogens (tertiary/aromatic N) is 2. The van der Waals surface area contributed by atoms with Gasteiger partial charge in [0.15, 0.2) is 5.13 Å². The topological polar surface area (TPSA) is 136 Å². The van der Waals surface area contributed by atoms with Crippen LogP contribution < -0.4 is 5.32 Å². The number of methoxy groups -OCH3 is 1. The number of hydrogen-bond acceptors (Lipinski definition) is 9. The molecule has 0 unspecified atom stereocenters. The molecule has 0 fully saturated rings. The molecule has 2 N–H and O–H groups in total. The third kappa shape index (κ3) is 6.40. The predicted molar refractivity (Wildman–Crippen MR) is 94.5 cm³/mol. The van der Waals surface area contributed by atoms with Gasteiger partial charge < -0.3 is 19.4 Å². The Bertz CT molecular complexity index is 836. The molecule has 0 aliphatic carbocycles. The summed E-state index contributed by atoms with van der Waals surface area (Å²) in [5, 5.41) is 16.4. The lowest BCUT2D eigenvalue weighted by Crippen LogP contribution is -2.18. The highest BCUT2D eigenvalue weighted by Gasteiger charge is 2.19. The lowest BCUT2D eigenvalue weighted by atomic mass is 10.2. The number of benzene rings is 1. The highest BCUT2D eigenvalue weighted by atomic mass is 32.1. The predicted octanol–water partition coefficient (Wildman–Crippen LogP) is 1.87. The van der Waals surface area contributed by atoms with Gasteiger partial charge >= 0.3 is 18.0 Å². The second-order valence-corrected chi connectivity index (χ2v) is 5.68. The lowest BCUT2D eigenvalue weighted by Gasteiger charge is -2.04. The van der Waals surface area contributed by atoms with E-state index in [2.05, 4.69) is 25.0 Å². The minimum atomic E-state index is -1.41. The number of carbonyl (C=O) groups excluding carboxylic acids is 2. The number of carboxylic acid groups (broad SMARTS) is 1. The molecule has 0 aliphatic rings. The van der Waals surface area contributed by atoms with Crippen LogP contribution >= 0.6 is 11.3 Å². The molecule has 1 aromatic heterocycles. The van der Waals surface area contributed by atoms with Gasteiger partial charge in [-0.2, -0.15) is 0 Å². The summed E-state index contributed by atoms with van der Waals surface area (Å²) in [6, 6.07) is 9.09. The second-order valence-electron chi connectivity index (χ2n) is 4.82. The summed E-state index contributed by atoms with van der Waals surface area (Å²) in [5.74, 6) is -2.13. The zero-order valence-corrected chi connectivity index (χ0v) is 14.9. The van der Waals surface area contributed by atoms with E-state index < -0.39 is 30.4 Å². The average molecular weight is 393 g/mol. The Kier molecular flexibility index (Phi) is 7.26. The van der Waals surface area contributed by atoms with Crippen LogP contribution in [0.25, 0.3) is 0 Å². The third-order valence-electron chi connectivity index (χ3n) is 2.94. The van der Waals surface area contributed by atoms with E-state index in [1.807, 2.05) is 18.2 Å². The molecule has 0 radical (unpaired) electrons. The number of anilines is 1. The summed E-state index contributed by atoms with van der Waals surface area (Å²) in [5.41, 5.74) is 0.243. The zero-order valence-electron chi connectivity index (χ0n) is 14.1. The van der Waals surface area contributed by atoms with Crippen molar-refractivity contribution in [2.24, 2.45) is 5.16 Å². The van der Waals surface area contributed by atoms with Crippen LogP contribution in [-0.4, -0.2) is 47.6 Å². The molecule has 10 nitrogen and oxygen atoms in total. The fourth-order valence-electron chi connectivity index (χ4n) is 1.69. The van der Waals surface area contributed by atoms with Gasteiger partial charge in [0.2, 0.25) is 12.3 Å². The minimum Gasteiger partial charge on any atom is -0.476 e. The summed E-state index contributed by atoms with van der Waals surface area (Å²) in [6.45, 7) is -0.470. The first-order valence-corrected chi connectivity index (χ1v) is 8.31. The van der Waals surface area contributed by atoms with Crippen molar-refractivity contribution in [3.8, 4) is 0 Å². The molecule has 0 spiro atoms. The van der Waals surface area contributed by atoms with Gasteiger partial charge in [0, 0.05) is 5.38 Å². The fraction of sp³-hybridized carbons (Fsp3) is 0.188. The van der Waals surface area contributed by atoms with Gasteiger partial charge in [0.25, 0.3) is 0 Å². The molecule has 0 atom stereocenters. The van der Waals surface area contributed by atoms with Gasteiger partial charge in [-0.3, -0.25) is 5.32 Å². The van der Waals surface area contributed by atoms with Crippen molar-refractivity contribution in [2.45, 2.75) is 6.61 Å². The molecule has 0 saturated carbocycles. The highest BCUT2D eigenvalue weighted by molar-refractivity contribution is 7.14. The largest absolute Gasteiger partial charge is 0.476 e. The number of aromatic nitrogens is 1. The van der Waals surface area contributed by atoms with Crippen molar-refractivity contribution in [2.75, 3.05) is 19.0 Å². The average Bonchev–Trinajstić information content (AvgIpc) is 3.11. The Morgan fingerprint density at radius 2 is 2.00 bits per heavy atom. The van der Waals surface area contributed by atoms with Crippen LogP contribution in [0.5, 0.6) is 0 Å². The number of amides is 1. The van der Waals surface area contributed by atoms with Crippen molar-refractivity contribution in [1.29, 1.82) is 0 Å². The number of esters is 1. The number of carbonyl (C=O) groups is 3. The molecular weight excluding hydrogens is 378 g/mol. The molecule has 1 amide bonds. The maximum Gasteiger partial charge on any atom is 0.413 e. The Morgan fingerprint density at radius 3 is 2.67 bits per heavy atom. The lowest BCUT2D eigenvalue weighted by molar-refractivity contribution is -0.146. The molecule has 0 aliphatic heterocycles. The number of oxime groups is 1. The molecule has 1 heterocycles. The third-order valence-corrected chi connectivity index (χ3v) is 3.69. The van der Waals surface area contributed by atoms with E-state index in [4.69, 9.17) is 4.74 Å². The summed E-state index contributed by atoms with van der Waals surface area (Å²) in [4.78, 5) is 42.6. The van der Waals surface area contributed by atoms with Gasteiger partial charge in [-0.15, -0.1) is 11.3 Å². The molecular formula is C16H15N3O7S. The van der Waals surface area contributed by atoms with Crippen molar-refractivity contribution < 1.29 is 33.8 Å². The molecule has 11 heteroatoms. The number of nitrogens with one attached hydrogen (secondary N) is 1. The van der Waals surface area contributed by atoms with E-state index >= 15 is 0 Å². The number of aliphatic carboxylic acids is 1. The van der Waals surface area contributed by atoms with Crippen molar-refractivity contribution in [3.63, 3.8) is 0 Å². The van der Waals surface area contributed by atoms with E-state index in [0.29, 0.717) is 0 Å². The zero-order chi connectivity index (χ0) is 19.6. The van der Waals surface area contributed by atoms with Gasteiger partial charge in [-0.05, 0) is 5.56 Å². The van der Waals surface area contributed by atoms with Crippen LogP contribution in [0.3, 0.4) is 0 Å². The molecule has 1 aromatic carbocycles. The standard InChI is InChI=1S/C16H15N3O7S/c1-24-12(20)8-26-19-13(14(21)22)11-9-27-15(17-11)18-16(23)25-7-10-5-3-2-4-6-10/h2-6,9H,7-8H2,1H3,(H,21,22)(H,17,18,23)/b19-13+.